The van der Waals surface area contributed by atoms with E-state index in [1.807, 2.05) is 17.5 Å². The molecule has 1 aromatic heterocycles. The van der Waals surface area contributed by atoms with Crippen LogP contribution in [0.15, 0.2) is 29.8 Å². The summed E-state index contributed by atoms with van der Waals surface area (Å²) in [7, 11) is 1.66. The molecule has 4 nitrogen and oxygen atoms in total. The highest BCUT2D eigenvalue weighted by Gasteiger charge is 2.07. The molecule has 0 aliphatic rings. The molecule has 0 aliphatic heterocycles. The molecule has 0 bridgehead atoms. The van der Waals surface area contributed by atoms with Gasteiger partial charge in [-0.15, -0.1) is 11.3 Å². The second-order valence-electron chi connectivity index (χ2n) is 5.22. The first-order valence-corrected chi connectivity index (χ1v) is 7.95. The van der Waals surface area contributed by atoms with E-state index in [4.69, 9.17) is 9.47 Å². The zero-order valence-corrected chi connectivity index (χ0v) is 13.6. The molecule has 0 fully saturated rings. The Balaban J connectivity index is 1.95. The van der Waals surface area contributed by atoms with Gasteiger partial charge in [-0.3, -0.25) is 0 Å². The molecule has 2 aromatic rings. The Hall–Kier alpha value is -1.59. The minimum absolute atomic E-state index is 0.471. The van der Waals surface area contributed by atoms with E-state index in [0.717, 1.165) is 29.6 Å². The Morgan fingerprint density at radius 3 is 2.81 bits per heavy atom. The lowest BCUT2D eigenvalue weighted by Gasteiger charge is -2.12. The number of hydrogen-bond donors (Lipinski definition) is 1. The first kappa shape index (κ1) is 15.8. The number of nitrogens with zero attached hydrogens (tertiary/aromatic N) is 1. The lowest BCUT2D eigenvalue weighted by atomic mass is 10.2. The van der Waals surface area contributed by atoms with Gasteiger partial charge in [0, 0.05) is 18.1 Å². The smallest absolute Gasteiger partial charge is 0.161 e. The highest BCUT2D eigenvalue weighted by atomic mass is 32.1. The van der Waals surface area contributed by atoms with Crippen molar-refractivity contribution < 1.29 is 9.47 Å². The summed E-state index contributed by atoms with van der Waals surface area (Å²) in [6.45, 7) is 6.71. The van der Waals surface area contributed by atoms with Crippen LogP contribution in [0.2, 0.25) is 0 Å². The first-order valence-electron chi connectivity index (χ1n) is 7.08. The zero-order valence-electron chi connectivity index (χ0n) is 12.8. The SMILES string of the molecule is COc1cc(CNCC(C)C)ccc1OCc1nccs1. The monoisotopic (exact) mass is 306 g/mol. The summed E-state index contributed by atoms with van der Waals surface area (Å²) in [6, 6.07) is 6.04. The minimum Gasteiger partial charge on any atom is -0.493 e. The third kappa shape index (κ3) is 5.02. The van der Waals surface area contributed by atoms with E-state index in [1.54, 1.807) is 24.6 Å². The quantitative estimate of drug-likeness (QED) is 0.811. The van der Waals surface area contributed by atoms with Gasteiger partial charge < -0.3 is 14.8 Å². The molecule has 0 saturated heterocycles. The van der Waals surface area contributed by atoms with Gasteiger partial charge in [0.15, 0.2) is 11.5 Å². The molecule has 0 aliphatic carbocycles. The predicted octanol–water partition coefficient (Wildman–Crippen LogP) is 3.48. The molecule has 1 heterocycles. The van der Waals surface area contributed by atoms with Gasteiger partial charge in [0.25, 0.3) is 0 Å². The molecule has 0 unspecified atom stereocenters. The van der Waals surface area contributed by atoms with E-state index >= 15 is 0 Å². The van der Waals surface area contributed by atoms with Crippen molar-refractivity contribution in [2.45, 2.75) is 27.0 Å². The number of ether oxygens (including phenoxy) is 2. The van der Waals surface area contributed by atoms with Gasteiger partial charge in [-0.05, 0) is 30.2 Å². The molecule has 0 atom stereocenters. The van der Waals surface area contributed by atoms with Crippen LogP contribution < -0.4 is 14.8 Å². The van der Waals surface area contributed by atoms with E-state index in [2.05, 4.69) is 30.2 Å². The lowest BCUT2D eigenvalue weighted by Crippen LogP contribution is -2.18. The second-order valence-corrected chi connectivity index (χ2v) is 6.20. The molecule has 5 heteroatoms. The van der Waals surface area contributed by atoms with E-state index in [1.165, 1.54) is 5.56 Å². The van der Waals surface area contributed by atoms with Gasteiger partial charge in [0.2, 0.25) is 0 Å². The van der Waals surface area contributed by atoms with Crippen LogP contribution >= 0.6 is 11.3 Å². The van der Waals surface area contributed by atoms with Crippen LogP contribution in [-0.4, -0.2) is 18.6 Å². The Morgan fingerprint density at radius 1 is 1.29 bits per heavy atom. The van der Waals surface area contributed by atoms with Crippen LogP contribution in [-0.2, 0) is 13.2 Å². The van der Waals surface area contributed by atoms with Crippen molar-refractivity contribution in [3.63, 3.8) is 0 Å². The van der Waals surface area contributed by atoms with Crippen molar-refractivity contribution in [1.29, 1.82) is 0 Å². The van der Waals surface area contributed by atoms with Crippen molar-refractivity contribution in [3.8, 4) is 11.5 Å². The molecule has 0 radical (unpaired) electrons. The normalized spacial score (nSPS) is 10.9. The molecule has 21 heavy (non-hydrogen) atoms. The summed E-state index contributed by atoms with van der Waals surface area (Å²) in [6.07, 6.45) is 1.78. The second kappa shape index (κ2) is 8.00. The molecule has 0 saturated carbocycles. The number of rotatable bonds is 8. The van der Waals surface area contributed by atoms with Crippen molar-refractivity contribution in [2.24, 2.45) is 5.92 Å². The van der Waals surface area contributed by atoms with Gasteiger partial charge in [-0.2, -0.15) is 0 Å². The Bertz CT molecular complexity index is 541. The van der Waals surface area contributed by atoms with Crippen molar-refractivity contribution in [1.82, 2.24) is 10.3 Å². The summed E-state index contributed by atoms with van der Waals surface area (Å²) >= 11 is 1.59. The predicted molar refractivity (Wildman–Crippen MR) is 86.0 cm³/mol. The third-order valence-corrected chi connectivity index (χ3v) is 3.70. The van der Waals surface area contributed by atoms with Crippen LogP contribution in [0.25, 0.3) is 0 Å². The maximum absolute atomic E-state index is 5.77. The van der Waals surface area contributed by atoms with Crippen LogP contribution in [0.3, 0.4) is 0 Å². The van der Waals surface area contributed by atoms with Crippen molar-refractivity contribution in [3.05, 3.63) is 40.3 Å². The van der Waals surface area contributed by atoms with E-state index in [-0.39, 0.29) is 0 Å². The summed E-state index contributed by atoms with van der Waals surface area (Å²) in [5.74, 6) is 2.16. The zero-order chi connectivity index (χ0) is 15.1. The molecule has 2 rings (SSSR count). The van der Waals surface area contributed by atoms with E-state index in [9.17, 15) is 0 Å². The van der Waals surface area contributed by atoms with Gasteiger partial charge in [0.05, 0.1) is 7.11 Å². The highest BCUT2D eigenvalue weighted by molar-refractivity contribution is 7.09. The number of benzene rings is 1. The number of aromatic nitrogens is 1. The molecule has 1 N–H and O–H groups in total. The fourth-order valence-electron chi connectivity index (χ4n) is 1.91. The maximum Gasteiger partial charge on any atom is 0.161 e. The highest BCUT2D eigenvalue weighted by Crippen LogP contribution is 2.29. The topological polar surface area (TPSA) is 43.4 Å². The van der Waals surface area contributed by atoms with Crippen LogP contribution in [0.4, 0.5) is 0 Å². The lowest BCUT2D eigenvalue weighted by molar-refractivity contribution is 0.284. The number of thiazole rings is 1. The molecule has 114 valence electrons. The third-order valence-electron chi connectivity index (χ3n) is 2.94. The Morgan fingerprint density at radius 2 is 2.14 bits per heavy atom. The van der Waals surface area contributed by atoms with Gasteiger partial charge in [-0.1, -0.05) is 19.9 Å². The summed E-state index contributed by atoms with van der Waals surface area (Å²) in [5, 5.41) is 6.32. The Kier molecular flexibility index (Phi) is 6.02. The average Bonchev–Trinajstić information content (AvgIpc) is 2.98. The van der Waals surface area contributed by atoms with Gasteiger partial charge in [-0.25, -0.2) is 4.98 Å². The van der Waals surface area contributed by atoms with Gasteiger partial charge >= 0.3 is 0 Å². The first-order chi connectivity index (χ1) is 10.2. The molecule has 0 amide bonds. The molecular weight excluding hydrogens is 284 g/mol. The van der Waals surface area contributed by atoms with Crippen LogP contribution in [0.5, 0.6) is 11.5 Å². The largest absolute Gasteiger partial charge is 0.493 e. The van der Waals surface area contributed by atoms with E-state index in [0.29, 0.717) is 12.5 Å². The summed E-state index contributed by atoms with van der Waals surface area (Å²) < 4.78 is 11.2. The fraction of sp³-hybridized carbons (Fsp3) is 0.438. The minimum atomic E-state index is 0.471. The van der Waals surface area contributed by atoms with E-state index < -0.39 is 0 Å². The van der Waals surface area contributed by atoms with Crippen LogP contribution in [0, 0.1) is 5.92 Å². The molecular formula is C16H22N2O2S. The summed E-state index contributed by atoms with van der Waals surface area (Å²) in [4.78, 5) is 4.20. The molecule has 1 aromatic carbocycles. The summed E-state index contributed by atoms with van der Waals surface area (Å²) in [5.41, 5.74) is 1.19. The molecule has 0 spiro atoms. The maximum atomic E-state index is 5.77. The number of nitrogens with one attached hydrogen (secondary N) is 1. The van der Waals surface area contributed by atoms with Gasteiger partial charge in [0.1, 0.15) is 11.6 Å². The van der Waals surface area contributed by atoms with Crippen molar-refractivity contribution in [2.75, 3.05) is 13.7 Å². The number of hydrogen-bond acceptors (Lipinski definition) is 5. The van der Waals surface area contributed by atoms with Crippen molar-refractivity contribution >= 4 is 11.3 Å². The standard InChI is InChI=1S/C16H22N2O2S/c1-12(2)9-17-10-13-4-5-14(15(8-13)19-3)20-11-16-18-6-7-21-16/h4-8,12,17H,9-11H2,1-3H3. The van der Waals surface area contributed by atoms with Crippen LogP contribution in [0.1, 0.15) is 24.4 Å². The fourth-order valence-corrected chi connectivity index (χ4v) is 2.44. The Labute approximate surface area is 130 Å². The average molecular weight is 306 g/mol. The number of methoxy groups -OCH3 is 1.